The summed E-state index contributed by atoms with van der Waals surface area (Å²) in [6.07, 6.45) is 3.94. The first kappa shape index (κ1) is 16.7. The highest BCUT2D eigenvalue weighted by Gasteiger charge is 2.24. The van der Waals surface area contributed by atoms with Crippen LogP contribution in [-0.4, -0.2) is 35.4 Å². The van der Waals surface area contributed by atoms with Gasteiger partial charge in [0.2, 0.25) is 0 Å². The van der Waals surface area contributed by atoms with Crippen molar-refractivity contribution in [1.82, 2.24) is 15.2 Å². The van der Waals surface area contributed by atoms with E-state index in [1.54, 1.807) is 18.3 Å². The van der Waals surface area contributed by atoms with Crippen LogP contribution in [0.1, 0.15) is 34.8 Å². The number of halogens is 1. The van der Waals surface area contributed by atoms with Crippen molar-refractivity contribution in [2.45, 2.75) is 18.9 Å². The summed E-state index contributed by atoms with van der Waals surface area (Å²) < 4.78 is 0. The minimum atomic E-state index is -0.202. The van der Waals surface area contributed by atoms with E-state index in [9.17, 15) is 4.79 Å². The highest BCUT2D eigenvalue weighted by Crippen LogP contribution is 2.26. The summed E-state index contributed by atoms with van der Waals surface area (Å²) in [6.45, 7) is 2.57. The van der Waals surface area contributed by atoms with Crippen LogP contribution >= 0.6 is 11.6 Å². The Labute approximate surface area is 146 Å². The molecule has 3 N–H and O–H groups in total. The number of hydrogen-bond acceptors (Lipinski definition) is 4. The molecule has 1 aromatic heterocycles. The third-order valence-electron chi connectivity index (χ3n) is 4.35. The topological polar surface area (TPSA) is 71.2 Å². The second-order valence-electron chi connectivity index (χ2n) is 5.96. The van der Waals surface area contributed by atoms with E-state index in [-0.39, 0.29) is 17.8 Å². The van der Waals surface area contributed by atoms with Gasteiger partial charge < -0.3 is 11.1 Å². The van der Waals surface area contributed by atoms with Crippen molar-refractivity contribution >= 4 is 23.3 Å². The molecule has 2 aromatic rings. The summed E-state index contributed by atoms with van der Waals surface area (Å²) in [5, 5.41) is 3.70. The van der Waals surface area contributed by atoms with Gasteiger partial charge >= 0.3 is 0 Å². The summed E-state index contributed by atoms with van der Waals surface area (Å²) in [5.41, 5.74) is 7.30. The molecule has 5 nitrogen and oxygen atoms in total. The van der Waals surface area contributed by atoms with E-state index >= 15 is 0 Å². The van der Waals surface area contributed by atoms with Crippen LogP contribution in [0.4, 0.5) is 5.82 Å². The number of nitrogens with zero attached hydrogens (tertiary/aromatic N) is 2. The largest absolute Gasteiger partial charge is 0.383 e. The molecule has 2 heterocycles. The quantitative estimate of drug-likeness (QED) is 0.875. The first-order valence-corrected chi connectivity index (χ1v) is 8.51. The maximum Gasteiger partial charge on any atom is 0.255 e. The van der Waals surface area contributed by atoms with Gasteiger partial charge in [0.1, 0.15) is 5.82 Å². The van der Waals surface area contributed by atoms with Crippen LogP contribution in [-0.2, 0) is 0 Å². The molecule has 1 atom stereocenters. The number of anilines is 1. The Morgan fingerprint density at radius 3 is 2.79 bits per heavy atom. The molecule has 126 valence electrons. The minimum absolute atomic E-state index is 0.105. The lowest BCUT2D eigenvalue weighted by molar-refractivity contribution is 0.0938. The molecule has 1 aliphatic heterocycles. The van der Waals surface area contributed by atoms with E-state index < -0.39 is 0 Å². The first-order valence-electron chi connectivity index (χ1n) is 8.13. The van der Waals surface area contributed by atoms with Crippen molar-refractivity contribution in [2.75, 3.05) is 25.4 Å². The summed E-state index contributed by atoms with van der Waals surface area (Å²) in [7, 11) is 0. The summed E-state index contributed by atoms with van der Waals surface area (Å²) in [4.78, 5) is 18.8. The maximum absolute atomic E-state index is 12.4. The van der Waals surface area contributed by atoms with Gasteiger partial charge in [-0.3, -0.25) is 9.69 Å². The number of benzene rings is 1. The number of carbonyl (C=O) groups is 1. The van der Waals surface area contributed by atoms with Crippen LogP contribution in [0.2, 0.25) is 5.02 Å². The lowest BCUT2D eigenvalue weighted by Gasteiger charge is -2.28. The summed E-state index contributed by atoms with van der Waals surface area (Å²) >= 11 is 6.14. The zero-order valence-electron chi connectivity index (χ0n) is 13.4. The lowest BCUT2D eigenvalue weighted by Crippen LogP contribution is -2.37. The number of rotatable bonds is 5. The third kappa shape index (κ3) is 3.86. The number of hydrogen-bond donors (Lipinski definition) is 2. The number of aromatic nitrogens is 1. The molecule has 1 aliphatic rings. The van der Waals surface area contributed by atoms with E-state index in [2.05, 4.69) is 21.3 Å². The van der Waals surface area contributed by atoms with Crippen molar-refractivity contribution in [3.05, 3.63) is 58.7 Å². The van der Waals surface area contributed by atoms with E-state index in [0.29, 0.717) is 17.1 Å². The van der Waals surface area contributed by atoms with Crippen LogP contribution in [0.3, 0.4) is 0 Å². The highest BCUT2D eigenvalue weighted by atomic mass is 35.5. The van der Waals surface area contributed by atoms with Crippen LogP contribution in [0.25, 0.3) is 0 Å². The van der Waals surface area contributed by atoms with Gasteiger partial charge in [-0.1, -0.05) is 23.7 Å². The smallest absolute Gasteiger partial charge is 0.255 e. The molecule has 0 aliphatic carbocycles. The Balaban J connectivity index is 1.75. The molecule has 1 aromatic carbocycles. The summed E-state index contributed by atoms with van der Waals surface area (Å²) in [6, 6.07) is 11.3. The number of nitrogen functional groups attached to an aromatic ring is 1. The number of pyridine rings is 1. The van der Waals surface area contributed by atoms with Crippen molar-refractivity contribution in [3.63, 3.8) is 0 Å². The fraction of sp³-hybridized carbons (Fsp3) is 0.333. The number of carbonyl (C=O) groups excluding carboxylic acids is 1. The fourth-order valence-electron chi connectivity index (χ4n) is 3.12. The van der Waals surface area contributed by atoms with Crippen LogP contribution in [0, 0.1) is 0 Å². The van der Waals surface area contributed by atoms with Gasteiger partial charge in [-0.25, -0.2) is 4.98 Å². The molecule has 1 amide bonds. The molecule has 0 radical (unpaired) electrons. The molecule has 6 heteroatoms. The van der Waals surface area contributed by atoms with E-state index in [4.69, 9.17) is 17.3 Å². The van der Waals surface area contributed by atoms with Crippen molar-refractivity contribution in [1.29, 1.82) is 0 Å². The second kappa shape index (κ2) is 7.64. The first-order chi connectivity index (χ1) is 11.6. The molecule has 1 fully saturated rings. The molecule has 1 saturated heterocycles. The Morgan fingerprint density at radius 2 is 2.08 bits per heavy atom. The van der Waals surface area contributed by atoms with Gasteiger partial charge in [-0.05, 0) is 55.8 Å². The van der Waals surface area contributed by atoms with E-state index in [1.165, 1.54) is 12.8 Å². The Morgan fingerprint density at radius 1 is 1.29 bits per heavy atom. The lowest BCUT2D eigenvalue weighted by atomic mass is 10.1. The van der Waals surface area contributed by atoms with E-state index in [0.717, 1.165) is 18.7 Å². The second-order valence-corrected chi connectivity index (χ2v) is 6.40. The third-order valence-corrected chi connectivity index (χ3v) is 4.59. The average Bonchev–Trinajstić information content (AvgIpc) is 3.10. The maximum atomic E-state index is 12.4. The van der Waals surface area contributed by atoms with Crippen molar-refractivity contribution in [3.8, 4) is 0 Å². The number of amides is 1. The van der Waals surface area contributed by atoms with Gasteiger partial charge in [0.25, 0.3) is 5.91 Å². The molecule has 0 bridgehead atoms. The van der Waals surface area contributed by atoms with Crippen LogP contribution in [0.5, 0.6) is 0 Å². The minimum Gasteiger partial charge on any atom is -0.383 e. The van der Waals surface area contributed by atoms with Crippen LogP contribution < -0.4 is 11.1 Å². The molecule has 1 unspecified atom stereocenters. The average molecular weight is 345 g/mol. The zero-order valence-corrected chi connectivity index (χ0v) is 14.2. The van der Waals surface area contributed by atoms with E-state index in [1.807, 2.05) is 18.2 Å². The monoisotopic (exact) mass is 344 g/mol. The molecule has 0 saturated carbocycles. The number of likely N-dealkylation sites (tertiary alicyclic amines) is 1. The zero-order chi connectivity index (χ0) is 16.9. The molecular formula is C18H21ClN4O. The Kier molecular flexibility index (Phi) is 5.33. The predicted octanol–water partition coefficient (Wildman–Crippen LogP) is 2.88. The van der Waals surface area contributed by atoms with Gasteiger partial charge in [0, 0.05) is 17.8 Å². The number of nitrogens with one attached hydrogen (secondary N) is 1. The van der Waals surface area contributed by atoms with Gasteiger partial charge in [-0.15, -0.1) is 0 Å². The van der Waals surface area contributed by atoms with Gasteiger partial charge in [0.15, 0.2) is 0 Å². The van der Waals surface area contributed by atoms with Crippen molar-refractivity contribution < 1.29 is 4.79 Å². The molecular weight excluding hydrogens is 324 g/mol. The normalized spacial score (nSPS) is 16.0. The van der Waals surface area contributed by atoms with Gasteiger partial charge in [0.05, 0.1) is 11.6 Å². The molecule has 3 rings (SSSR count). The molecule has 0 spiro atoms. The predicted molar refractivity (Wildman–Crippen MR) is 96.0 cm³/mol. The number of nitrogens with two attached hydrogens (primary N) is 1. The Bertz CT molecular complexity index is 716. The standard InChI is InChI=1S/C18H21ClN4O/c19-14-6-3-5-13(11-14)16(23-9-1-2-10-23)12-22-18(24)15-7-4-8-21-17(15)20/h3-8,11,16H,1-2,9-10,12H2,(H2,20,21)(H,22,24). The summed E-state index contributed by atoms with van der Waals surface area (Å²) in [5.74, 6) is 0.0438. The highest BCUT2D eigenvalue weighted by molar-refractivity contribution is 6.30. The molecule has 24 heavy (non-hydrogen) atoms. The SMILES string of the molecule is Nc1ncccc1C(=O)NCC(c1cccc(Cl)c1)N1CCCC1. The van der Waals surface area contributed by atoms with Crippen LogP contribution in [0.15, 0.2) is 42.6 Å². The fourth-order valence-corrected chi connectivity index (χ4v) is 3.32. The Hall–Kier alpha value is -2.11. The van der Waals surface area contributed by atoms with Gasteiger partial charge in [-0.2, -0.15) is 0 Å². The van der Waals surface area contributed by atoms with Crippen molar-refractivity contribution in [2.24, 2.45) is 0 Å².